The van der Waals surface area contributed by atoms with Crippen molar-refractivity contribution < 1.29 is 4.79 Å². The fourth-order valence-corrected chi connectivity index (χ4v) is 1.52. The SMILES string of the molecule is Cc1cccc(-c2nc(C)c(C=O)[nH]2)c1. The van der Waals surface area contributed by atoms with Crippen LogP contribution in [-0.4, -0.2) is 16.3 Å². The molecular weight excluding hydrogens is 188 g/mol. The Morgan fingerprint density at radius 3 is 2.73 bits per heavy atom. The van der Waals surface area contributed by atoms with Gasteiger partial charge < -0.3 is 4.98 Å². The number of aryl methyl sites for hydroxylation is 2. The normalized spacial score (nSPS) is 10.3. The number of nitrogens with one attached hydrogen (secondary N) is 1. The highest BCUT2D eigenvalue weighted by molar-refractivity contribution is 5.75. The number of nitrogens with zero attached hydrogens (tertiary/aromatic N) is 1. The number of H-pyrrole nitrogens is 1. The van der Waals surface area contributed by atoms with Crippen molar-refractivity contribution in [2.24, 2.45) is 0 Å². The molecule has 0 bridgehead atoms. The lowest BCUT2D eigenvalue weighted by Gasteiger charge is -1.97. The molecular formula is C12H12N2O. The Morgan fingerprint density at radius 1 is 1.33 bits per heavy atom. The molecule has 0 radical (unpaired) electrons. The lowest BCUT2D eigenvalue weighted by Crippen LogP contribution is -1.83. The van der Waals surface area contributed by atoms with E-state index in [0.29, 0.717) is 5.69 Å². The van der Waals surface area contributed by atoms with Crippen molar-refractivity contribution in [3.8, 4) is 11.4 Å². The zero-order valence-corrected chi connectivity index (χ0v) is 8.74. The van der Waals surface area contributed by atoms with Crippen LogP contribution in [0.3, 0.4) is 0 Å². The highest BCUT2D eigenvalue weighted by Gasteiger charge is 2.06. The molecule has 0 aliphatic carbocycles. The van der Waals surface area contributed by atoms with Crippen molar-refractivity contribution in [2.75, 3.05) is 0 Å². The number of carbonyl (C=O) groups excluding carboxylic acids is 1. The number of benzene rings is 1. The standard InChI is InChI=1S/C12H12N2O/c1-8-4-3-5-10(6-8)12-13-9(2)11(7-15)14-12/h3-7H,1-2H3,(H,13,14). The topological polar surface area (TPSA) is 45.8 Å². The quantitative estimate of drug-likeness (QED) is 0.757. The number of aldehydes is 1. The molecule has 15 heavy (non-hydrogen) atoms. The summed E-state index contributed by atoms with van der Waals surface area (Å²) < 4.78 is 0. The van der Waals surface area contributed by atoms with Crippen molar-refractivity contribution in [3.05, 3.63) is 41.2 Å². The van der Waals surface area contributed by atoms with Gasteiger partial charge in [0.1, 0.15) is 11.5 Å². The zero-order valence-electron chi connectivity index (χ0n) is 8.74. The smallest absolute Gasteiger partial charge is 0.168 e. The summed E-state index contributed by atoms with van der Waals surface area (Å²) in [5.41, 5.74) is 3.47. The van der Waals surface area contributed by atoms with Crippen LogP contribution in [0.5, 0.6) is 0 Å². The summed E-state index contributed by atoms with van der Waals surface area (Å²) in [6.07, 6.45) is 0.793. The van der Waals surface area contributed by atoms with Gasteiger partial charge in [0.05, 0.1) is 5.69 Å². The maximum atomic E-state index is 10.7. The van der Waals surface area contributed by atoms with Crippen molar-refractivity contribution >= 4 is 6.29 Å². The van der Waals surface area contributed by atoms with E-state index in [0.717, 1.165) is 23.4 Å². The van der Waals surface area contributed by atoms with Crippen molar-refractivity contribution in [2.45, 2.75) is 13.8 Å². The molecule has 1 N–H and O–H groups in total. The molecule has 2 aromatic rings. The number of carbonyl (C=O) groups is 1. The first-order valence-corrected chi connectivity index (χ1v) is 4.79. The molecule has 2 rings (SSSR count). The van der Waals surface area contributed by atoms with Crippen molar-refractivity contribution in [1.29, 1.82) is 0 Å². The van der Waals surface area contributed by atoms with Crippen LogP contribution < -0.4 is 0 Å². The number of hydrogen-bond donors (Lipinski definition) is 1. The molecule has 0 aliphatic heterocycles. The van der Waals surface area contributed by atoms with Gasteiger partial charge in [-0.05, 0) is 19.9 Å². The molecule has 0 fully saturated rings. The van der Waals surface area contributed by atoms with Gasteiger partial charge in [-0.15, -0.1) is 0 Å². The Labute approximate surface area is 88.2 Å². The third-order valence-corrected chi connectivity index (χ3v) is 2.33. The van der Waals surface area contributed by atoms with Crippen LogP contribution in [0.4, 0.5) is 0 Å². The molecule has 1 aromatic heterocycles. The predicted octanol–water partition coefficient (Wildman–Crippen LogP) is 2.51. The lowest BCUT2D eigenvalue weighted by atomic mass is 10.1. The lowest BCUT2D eigenvalue weighted by molar-refractivity contribution is 0.111. The van der Waals surface area contributed by atoms with E-state index in [2.05, 4.69) is 9.97 Å². The third-order valence-electron chi connectivity index (χ3n) is 2.33. The molecule has 76 valence electrons. The number of hydrogen-bond acceptors (Lipinski definition) is 2. The highest BCUT2D eigenvalue weighted by atomic mass is 16.1. The minimum Gasteiger partial charge on any atom is -0.336 e. The van der Waals surface area contributed by atoms with Gasteiger partial charge in [-0.1, -0.05) is 23.8 Å². The van der Waals surface area contributed by atoms with Crippen LogP contribution in [-0.2, 0) is 0 Å². The average molecular weight is 200 g/mol. The van der Waals surface area contributed by atoms with E-state index in [1.807, 2.05) is 38.1 Å². The second-order valence-electron chi connectivity index (χ2n) is 3.57. The number of aromatic nitrogens is 2. The molecule has 1 heterocycles. The predicted molar refractivity (Wildman–Crippen MR) is 58.9 cm³/mol. The van der Waals surface area contributed by atoms with E-state index in [4.69, 9.17) is 0 Å². The van der Waals surface area contributed by atoms with Gasteiger partial charge in [0, 0.05) is 5.56 Å². The zero-order chi connectivity index (χ0) is 10.8. The monoisotopic (exact) mass is 200 g/mol. The van der Waals surface area contributed by atoms with Crippen molar-refractivity contribution in [3.63, 3.8) is 0 Å². The van der Waals surface area contributed by atoms with Crippen LogP contribution in [0, 0.1) is 13.8 Å². The molecule has 3 nitrogen and oxygen atoms in total. The number of aromatic amines is 1. The van der Waals surface area contributed by atoms with E-state index >= 15 is 0 Å². The second kappa shape index (κ2) is 3.69. The maximum absolute atomic E-state index is 10.7. The Hall–Kier alpha value is -1.90. The number of rotatable bonds is 2. The summed E-state index contributed by atoms with van der Waals surface area (Å²) in [5.74, 6) is 0.748. The summed E-state index contributed by atoms with van der Waals surface area (Å²) in [4.78, 5) is 18.0. The van der Waals surface area contributed by atoms with E-state index in [1.165, 1.54) is 5.56 Å². The molecule has 0 atom stereocenters. The molecule has 1 aromatic carbocycles. The maximum Gasteiger partial charge on any atom is 0.168 e. The Kier molecular flexibility index (Phi) is 2.37. The van der Waals surface area contributed by atoms with E-state index in [1.54, 1.807) is 0 Å². The second-order valence-corrected chi connectivity index (χ2v) is 3.57. The van der Waals surface area contributed by atoms with Gasteiger partial charge >= 0.3 is 0 Å². The summed E-state index contributed by atoms with van der Waals surface area (Å²) >= 11 is 0. The molecule has 0 spiro atoms. The fraction of sp³-hybridized carbons (Fsp3) is 0.167. The Bertz CT molecular complexity index is 500. The first kappa shape index (κ1) is 9.65. The van der Waals surface area contributed by atoms with Gasteiger partial charge in [0.15, 0.2) is 6.29 Å². The fourth-order valence-electron chi connectivity index (χ4n) is 1.52. The minimum atomic E-state index is 0.548. The Morgan fingerprint density at radius 2 is 2.13 bits per heavy atom. The van der Waals surface area contributed by atoms with Crippen molar-refractivity contribution in [1.82, 2.24) is 9.97 Å². The first-order valence-electron chi connectivity index (χ1n) is 4.79. The minimum absolute atomic E-state index is 0.548. The van der Waals surface area contributed by atoms with Gasteiger partial charge in [-0.3, -0.25) is 4.79 Å². The third kappa shape index (κ3) is 1.81. The average Bonchev–Trinajstić information content (AvgIpc) is 2.60. The summed E-state index contributed by atoms with van der Waals surface area (Å²) in [6.45, 7) is 3.85. The van der Waals surface area contributed by atoms with Crippen LogP contribution in [0.2, 0.25) is 0 Å². The molecule has 0 unspecified atom stereocenters. The number of imidazole rings is 1. The molecule has 0 aliphatic rings. The van der Waals surface area contributed by atoms with Gasteiger partial charge in [0.25, 0.3) is 0 Å². The summed E-state index contributed by atoms with van der Waals surface area (Å²) in [5, 5.41) is 0. The molecule has 0 amide bonds. The largest absolute Gasteiger partial charge is 0.336 e. The van der Waals surface area contributed by atoms with Gasteiger partial charge in [-0.2, -0.15) is 0 Å². The van der Waals surface area contributed by atoms with Crippen LogP contribution in [0.1, 0.15) is 21.7 Å². The first-order chi connectivity index (χ1) is 7.20. The Balaban J connectivity index is 2.49. The highest BCUT2D eigenvalue weighted by Crippen LogP contribution is 2.18. The molecule has 0 saturated carbocycles. The van der Waals surface area contributed by atoms with Gasteiger partial charge in [-0.25, -0.2) is 4.98 Å². The van der Waals surface area contributed by atoms with E-state index in [-0.39, 0.29) is 0 Å². The van der Waals surface area contributed by atoms with Crippen LogP contribution >= 0.6 is 0 Å². The summed E-state index contributed by atoms with van der Waals surface area (Å²) in [6, 6.07) is 8.01. The summed E-state index contributed by atoms with van der Waals surface area (Å²) in [7, 11) is 0. The van der Waals surface area contributed by atoms with E-state index in [9.17, 15) is 4.79 Å². The van der Waals surface area contributed by atoms with Crippen LogP contribution in [0.25, 0.3) is 11.4 Å². The van der Waals surface area contributed by atoms with E-state index < -0.39 is 0 Å². The van der Waals surface area contributed by atoms with Crippen LogP contribution in [0.15, 0.2) is 24.3 Å². The molecule has 3 heteroatoms. The molecule has 0 saturated heterocycles. The van der Waals surface area contributed by atoms with Gasteiger partial charge in [0.2, 0.25) is 0 Å².